The number of aromatic nitrogens is 4. The minimum Gasteiger partial charge on any atom is -0.496 e. The maximum absolute atomic E-state index is 8.77. The molecule has 0 amide bonds. The third-order valence-corrected chi connectivity index (χ3v) is 4.33. The van der Waals surface area contributed by atoms with E-state index in [1.807, 2.05) is 24.3 Å². The molecule has 2 heterocycles. The molecule has 0 saturated heterocycles. The predicted octanol–water partition coefficient (Wildman–Crippen LogP) is 2.74. The van der Waals surface area contributed by atoms with E-state index in [4.69, 9.17) is 10.00 Å². The molecule has 0 radical (unpaired) electrons. The third-order valence-electron chi connectivity index (χ3n) is 4.33. The number of nitrogens with zero attached hydrogens (tertiary/aromatic N) is 4. The molecule has 3 N–H and O–H groups in total. The third kappa shape index (κ3) is 4.04. The van der Waals surface area contributed by atoms with Gasteiger partial charge in [-0.2, -0.15) is 10.4 Å². The molecule has 4 rings (SSSR count). The molecule has 2 aromatic heterocycles. The first-order valence-corrected chi connectivity index (χ1v) is 8.70. The molecule has 0 atom stereocenters. The Morgan fingerprint density at radius 2 is 2.11 bits per heavy atom. The lowest BCUT2D eigenvalue weighted by Gasteiger charge is -2.10. The van der Waals surface area contributed by atoms with Gasteiger partial charge in [0, 0.05) is 24.2 Å². The van der Waals surface area contributed by atoms with E-state index in [0.29, 0.717) is 17.7 Å². The summed E-state index contributed by atoms with van der Waals surface area (Å²) in [4.78, 5) is 8.11. The van der Waals surface area contributed by atoms with Crippen LogP contribution in [0.15, 0.2) is 36.7 Å². The van der Waals surface area contributed by atoms with Crippen LogP contribution in [0.1, 0.15) is 24.1 Å². The molecule has 1 aromatic carbocycles. The average molecular weight is 361 g/mol. The summed E-state index contributed by atoms with van der Waals surface area (Å²) in [5.74, 6) is 1.91. The van der Waals surface area contributed by atoms with Gasteiger partial charge < -0.3 is 15.4 Å². The van der Waals surface area contributed by atoms with Crippen LogP contribution >= 0.6 is 0 Å². The van der Waals surface area contributed by atoms with E-state index in [1.165, 1.54) is 30.8 Å². The fourth-order valence-corrected chi connectivity index (χ4v) is 2.72. The van der Waals surface area contributed by atoms with Gasteiger partial charge in [0.2, 0.25) is 0 Å². The van der Waals surface area contributed by atoms with Gasteiger partial charge in [0.05, 0.1) is 25.2 Å². The van der Waals surface area contributed by atoms with Gasteiger partial charge >= 0.3 is 0 Å². The molecule has 1 aliphatic rings. The van der Waals surface area contributed by atoms with E-state index >= 15 is 0 Å². The number of anilines is 2. The van der Waals surface area contributed by atoms with E-state index < -0.39 is 0 Å². The van der Waals surface area contributed by atoms with Crippen LogP contribution in [0.3, 0.4) is 0 Å². The topological polar surface area (TPSA) is 112 Å². The van der Waals surface area contributed by atoms with Crippen LogP contribution in [0.5, 0.6) is 5.75 Å². The number of hydrogen-bond donors (Lipinski definition) is 3. The summed E-state index contributed by atoms with van der Waals surface area (Å²) in [5.41, 5.74) is 3.22. The largest absolute Gasteiger partial charge is 0.496 e. The Labute approximate surface area is 156 Å². The maximum atomic E-state index is 8.77. The second kappa shape index (κ2) is 7.43. The number of ether oxygens (including phenoxy) is 1. The Bertz CT molecular complexity index is 970. The molecule has 0 spiro atoms. The molecule has 1 aliphatic carbocycles. The van der Waals surface area contributed by atoms with Crippen molar-refractivity contribution in [3.8, 4) is 23.1 Å². The predicted molar refractivity (Wildman–Crippen MR) is 100 cm³/mol. The lowest BCUT2D eigenvalue weighted by molar-refractivity contribution is 0.415. The van der Waals surface area contributed by atoms with Crippen molar-refractivity contribution in [1.29, 1.82) is 5.26 Å². The number of aromatic amines is 1. The standard InChI is InChI=1S/C19H19N7O/c1-27-17-6-12(9-21-13-3-4-13)2-5-15(17)16-7-18(26-25-16)24-19-11-22-14(8-20)10-23-19/h2,5-7,10-11,13,21H,3-4,9H2,1H3,(H2,23,24,25,26). The van der Waals surface area contributed by atoms with Crippen LogP contribution in [0, 0.1) is 11.3 Å². The minimum atomic E-state index is 0.268. The van der Waals surface area contributed by atoms with Crippen molar-refractivity contribution in [2.24, 2.45) is 0 Å². The lowest BCUT2D eigenvalue weighted by atomic mass is 10.1. The Hall–Kier alpha value is -3.44. The molecule has 3 aromatic rings. The highest BCUT2D eigenvalue weighted by atomic mass is 16.5. The van der Waals surface area contributed by atoms with Crippen molar-refractivity contribution in [1.82, 2.24) is 25.5 Å². The second-order valence-electron chi connectivity index (χ2n) is 6.38. The number of hydrogen-bond acceptors (Lipinski definition) is 7. The molecule has 0 aliphatic heterocycles. The Morgan fingerprint density at radius 1 is 1.22 bits per heavy atom. The van der Waals surface area contributed by atoms with Crippen molar-refractivity contribution in [3.05, 3.63) is 47.9 Å². The molecular formula is C19H19N7O. The van der Waals surface area contributed by atoms with E-state index in [2.05, 4.69) is 36.9 Å². The molecule has 8 heteroatoms. The molecular weight excluding hydrogens is 342 g/mol. The van der Waals surface area contributed by atoms with Crippen LogP contribution in [0.4, 0.5) is 11.6 Å². The van der Waals surface area contributed by atoms with Crippen LogP contribution in [-0.4, -0.2) is 33.3 Å². The first-order valence-electron chi connectivity index (χ1n) is 8.70. The second-order valence-corrected chi connectivity index (χ2v) is 6.38. The summed E-state index contributed by atoms with van der Waals surface area (Å²) in [6.45, 7) is 0.842. The highest BCUT2D eigenvalue weighted by molar-refractivity contribution is 5.71. The fourth-order valence-electron chi connectivity index (χ4n) is 2.72. The number of methoxy groups -OCH3 is 1. The quantitative estimate of drug-likeness (QED) is 0.593. The van der Waals surface area contributed by atoms with E-state index in [1.54, 1.807) is 7.11 Å². The van der Waals surface area contributed by atoms with Crippen LogP contribution < -0.4 is 15.4 Å². The van der Waals surface area contributed by atoms with Crippen molar-refractivity contribution in [2.45, 2.75) is 25.4 Å². The van der Waals surface area contributed by atoms with Crippen molar-refractivity contribution in [3.63, 3.8) is 0 Å². The zero-order valence-electron chi connectivity index (χ0n) is 14.9. The maximum Gasteiger partial charge on any atom is 0.158 e. The monoisotopic (exact) mass is 361 g/mol. The molecule has 27 heavy (non-hydrogen) atoms. The summed E-state index contributed by atoms with van der Waals surface area (Å²) in [5, 5.41) is 22.6. The average Bonchev–Trinajstić information content (AvgIpc) is 3.44. The van der Waals surface area contributed by atoms with Gasteiger partial charge in [-0.3, -0.25) is 5.10 Å². The van der Waals surface area contributed by atoms with Crippen molar-refractivity contribution in [2.75, 3.05) is 12.4 Å². The lowest BCUT2D eigenvalue weighted by Crippen LogP contribution is -2.15. The van der Waals surface area contributed by atoms with Gasteiger partial charge in [-0.25, -0.2) is 9.97 Å². The first kappa shape index (κ1) is 17.0. The molecule has 136 valence electrons. The Kier molecular flexibility index (Phi) is 4.68. The summed E-state index contributed by atoms with van der Waals surface area (Å²) in [6.07, 6.45) is 5.44. The normalized spacial score (nSPS) is 13.2. The summed E-state index contributed by atoms with van der Waals surface area (Å²) < 4.78 is 5.57. The zero-order valence-corrected chi connectivity index (χ0v) is 14.9. The molecule has 0 unspecified atom stereocenters. The van der Waals surface area contributed by atoms with Gasteiger partial charge in [-0.15, -0.1) is 0 Å². The first-order chi connectivity index (χ1) is 13.2. The van der Waals surface area contributed by atoms with Crippen molar-refractivity contribution >= 4 is 11.6 Å². The minimum absolute atomic E-state index is 0.268. The van der Waals surface area contributed by atoms with Gasteiger partial charge in [-0.05, 0) is 30.5 Å². The molecule has 1 fully saturated rings. The highest BCUT2D eigenvalue weighted by Crippen LogP contribution is 2.31. The van der Waals surface area contributed by atoms with Gasteiger partial charge in [0.15, 0.2) is 11.5 Å². The van der Waals surface area contributed by atoms with E-state index in [9.17, 15) is 0 Å². The van der Waals surface area contributed by atoms with Crippen LogP contribution in [0.2, 0.25) is 0 Å². The van der Waals surface area contributed by atoms with Gasteiger partial charge in [-0.1, -0.05) is 6.07 Å². The number of benzene rings is 1. The smallest absolute Gasteiger partial charge is 0.158 e. The molecule has 0 bridgehead atoms. The number of nitriles is 1. The van der Waals surface area contributed by atoms with Gasteiger partial charge in [0.25, 0.3) is 0 Å². The zero-order chi connectivity index (χ0) is 18.6. The van der Waals surface area contributed by atoms with Crippen LogP contribution in [0.25, 0.3) is 11.3 Å². The van der Waals surface area contributed by atoms with E-state index in [0.717, 1.165) is 23.6 Å². The number of rotatable bonds is 7. The Morgan fingerprint density at radius 3 is 2.81 bits per heavy atom. The molecule has 8 nitrogen and oxygen atoms in total. The molecule has 1 saturated carbocycles. The van der Waals surface area contributed by atoms with Crippen LogP contribution in [-0.2, 0) is 6.54 Å². The number of H-pyrrole nitrogens is 1. The number of nitrogens with one attached hydrogen (secondary N) is 3. The highest BCUT2D eigenvalue weighted by Gasteiger charge is 2.20. The summed E-state index contributed by atoms with van der Waals surface area (Å²) >= 11 is 0. The summed E-state index contributed by atoms with van der Waals surface area (Å²) in [7, 11) is 1.67. The van der Waals surface area contributed by atoms with Crippen molar-refractivity contribution < 1.29 is 4.74 Å². The Balaban J connectivity index is 1.50. The SMILES string of the molecule is COc1cc(CNC2CC2)ccc1-c1cc(Nc2cnc(C#N)cn2)n[nH]1. The fraction of sp³-hybridized carbons (Fsp3) is 0.263. The van der Waals surface area contributed by atoms with Gasteiger partial charge in [0.1, 0.15) is 17.6 Å². The van der Waals surface area contributed by atoms with E-state index in [-0.39, 0.29) is 5.69 Å². The summed E-state index contributed by atoms with van der Waals surface area (Å²) in [6, 6.07) is 10.6.